The molecular weight excluding hydrogens is 344 g/mol. The van der Waals surface area contributed by atoms with Gasteiger partial charge < -0.3 is 5.73 Å². The van der Waals surface area contributed by atoms with Crippen molar-refractivity contribution in [2.75, 3.05) is 5.73 Å². The molecule has 0 radical (unpaired) electrons. The van der Waals surface area contributed by atoms with Crippen LogP contribution in [0, 0.1) is 0 Å². The summed E-state index contributed by atoms with van der Waals surface area (Å²) in [5, 5.41) is 6.17. The monoisotopic (exact) mass is 356 g/mol. The minimum Gasteiger partial charge on any atom is -0.382 e. The molecule has 0 atom stereocenters. The summed E-state index contributed by atoms with van der Waals surface area (Å²) in [5.74, 6) is 0.0478. The summed E-state index contributed by atoms with van der Waals surface area (Å²) < 4.78 is 26.9. The Bertz CT molecular complexity index is 1120. The largest absolute Gasteiger partial charge is 0.382 e. The average Bonchev–Trinajstić information content (AvgIpc) is 3.25. The van der Waals surface area contributed by atoms with E-state index in [1.165, 1.54) is 22.8 Å². The lowest BCUT2D eigenvalue weighted by Gasteiger charge is -2.08. The Kier molecular flexibility index (Phi) is 3.36. The molecule has 2 N–H and O–H groups in total. The van der Waals surface area contributed by atoms with Crippen LogP contribution in [-0.2, 0) is 9.84 Å². The summed E-state index contributed by atoms with van der Waals surface area (Å²) in [6, 6.07) is 12.0. The van der Waals surface area contributed by atoms with Gasteiger partial charge in [-0.1, -0.05) is 24.3 Å². The normalized spacial score (nSPS) is 11.8. The first kappa shape index (κ1) is 14.9. The van der Waals surface area contributed by atoms with Gasteiger partial charge in [0.15, 0.2) is 5.65 Å². The lowest BCUT2D eigenvalue weighted by molar-refractivity contribution is 0.595. The molecule has 120 valence electrons. The first-order chi connectivity index (χ1) is 11.6. The van der Waals surface area contributed by atoms with E-state index in [0.717, 1.165) is 10.4 Å². The van der Waals surface area contributed by atoms with Crippen molar-refractivity contribution in [2.45, 2.75) is 9.79 Å². The second kappa shape index (κ2) is 5.43. The van der Waals surface area contributed by atoms with Crippen molar-refractivity contribution in [2.24, 2.45) is 0 Å². The summed E-state index contributed by atoms with van der Waals surface area (Å²) in [6.07, 6.45) is 2.94. The van der Waals surface area contributed by atoms with Crippen molar-refractivity contribution >= 4 is 32.6 Å². The van der Waals surface area contributed by atoms with E-state index in [-0.39, 0.29) is 15.6 Å². The predicted octanol–water partition coefficient (Wildman–Crippen LogP) is 2.87. The molecule has 0 bridgehead atoms. The Hall–Kier alpha value is -2.71. The third kappa shape index (κ3) is 2.19. The van der Waals surface area contributed by atoms with Gasteiger partial charge in [0.05, 0.1) is 22.9 Å². The molecule has 3 heterocycles. The molecule has 3 aromatic heterocycles. The van der Waals surface area contributed by atoms with Gasteiger partial charge in [0.25, 0.3) is 0 Å². The molecule has 4 aromatic rings. The van der Waals surface area contributed by atoms with Gasteiger partial charge in [-0.15, -0.1) is 11.3 Å². The van der Waals surface area contributed by atoms with Crippen molar-refractivity contribution in [3.63, 3.8) is 0 Å². The highest BCUT2D eigenvalue weighted by Gasteiger charge is 2.24. The van der Waals surface area contributed by atoms with Gasteiger partial charge >= 0.3 is 0 Å². The summed E-state index contributed by atoms with van der Waals surface area (Å²) in [7, 11) is -3.75. The van der Waals surface area contributed by atoms with Gasteiger partial charge in [0.2, 0.25) is 9.84 Å². The smallest absolute Gasteiger partial charge is 0.211 e. The molecule has 0 saturated carbocycles. The number of benzene rings is 1. The van der Waals surface area contributed by atoms with Gasteiger partial charge in [-0.05, 0) is 23.6 Å². The standard InChI is InChI=1S/C16H12N4O2S2/c17-15-14(24(21,22)11-5-2-1-3-6-11)10-18-16-12(9-19-20(15)16)13-7-4-8-23-13/h1-10H,17H2. The highest BCUT2D eigenvalue weighted by atomic mass is 32.2. The second-order valence-electron chi connectivity index (χ2n) is 5.10. The van der Waals surface area contributed by atoms with E-state index in [1.807, 2.05) is 17.5 Å². The fourth-order valence-electron chi connectivity index (χ4n) is 2.47. The maximum absolute atomic E-state index is 12.8. The number of anilines is 1. The zero-order valence-electron chi connectivity index (χ0n) is 12.3. The molecule has 0 amide bonds. The van der Waals surface area contributed by atoms with Gasteiger partial charge in [0, 0.05) is 4.88 Å². The number of nitrogens with two attached hydrogens (primary N) is 1. The van der Waals surface area contributed by atoms with Crippen LogP contribution < -0.4 is 5.73 Å². The Balaban J connectivity index is 1.92. The molecule has 24 heavy (non-hydrogen) atoms. The minimum absolute atomic E-state index is 0.0478. The van der Waals surface area contributed by atoms with Crippen LogP contribution >= 0.6 is 11.3 Å². The first-order valence-electron chi connectivity index (χ1n) is 7.05. The molecule has 0 spiro atoms. The number of nitrogens with zero attached hydrogens (tertiary/aromatic N) is 3. The van der Waals surface area contributed by atoms with E-state index < -0.39 is 9.84 Å². The molecule has 0 fully saturated rings. The molecule has 0 aliphatic rings. The van der Waals surface area contributed by atoms with Gasteiger partial charge in [-0.3, -0.25) is 0 Å². The van der Waals surface area contributed by atoms with E-state index in [1.54, 1.807) is 35.7 Å². The van der Waals surface area contributed by atoms with Crippen LogP contribution in [0.3, 0.4) is 0 Å². The van der Waals surface area contributed by atoms with Crippen LogP contribution in [0.15, 0.2) is 70.0 Å². The zero-order chi connectivity index (χ0) is 16.7. The van der Waals surface area contributed by atoms with Crippen molar-refractivity contribution in [1.82, 2.24) is 14.6 Å². The SMILES string of the molecule is Nc1c(S(=O)(=O)c2ccccc2)cnc2c(-c3cccs3)cnn12. The lowest BCUT2D eigenvalue weighted by atomic mass is 10.3. The summed E-state index contributed by atoms with van der Waals surface area (Å²) >= 11 is 1.56. The first-order valence-corrected chi connectivity index (χ1v) is 9.41. The van der Waals surface area contributed by atoms with E-state index in [4.69, 9.17) is 5.73 Å². The van der Waals surface area contributed by atoms with E-state index in [2.05, 4.69) is 10.1 Å². The molecule has 1 aromatic carbocycles. The number of hydrogen-bond donors (Lipinski definition) is 1. The molecule has 8 heteroatoms. The molecule has 4 rings (SSSR count). The fraction of sp³-hybridized carbons (Fsp3) is 0. The Labute approximate surface area is 142 Å². The number of fused-ring (bicyclic) bond motifs is 1. The van der Waals surface area contributed by atoms with Crippen LogP contribution in [0.5, 0.6) is 0 Å². The highest BCUT2D eigenvalue weighted by Crippen LogP contribution is 2.31. The Morgan fingerprint density at radius 2 is 1.83 bits per heavy atom. The molecule has 0 saturated heterocycles. The third-order valence-electron chi connectivity index (χ3n) is 3.66. The van der Waals surface area contributed by atoms with Gasteiger partial charge in [-0.25, -0.2) is 13.4 Å². The van der Waals surface area contributed by atoms with Crippen molar-refractivity contribution in [1.29, 1.82) is 0 Å². The Morgan fingerprint density at radius 3 is 2.54 bits per heavy atom. The fourth-order valence-corrected chi connectivity index (χ4v) is 4.53. The van der Waals surface area contributed by atoms with E-state index in [0.29, 0.717) is 5.65 Å². The number of nitrogen functional groups attached to an aromatic ring is 1. The number of rotatable bonds is 3. The van der Waals surface area contributed by atoms with Crippen molar-refractivity contribution in [3.05, 3.63) is 60.2 Å². The minimum atomic E-state index is -3.75. The number of sulfone groups is 1. The zero-order valence-corrected chi connectivity index (χ0v) is 14.0. The molecule has 0 aliphatic carbocycles. The van der Waals surface area contributed by atoms with Crippen LogP contribution in [0.1, 0.15) is 0 Å². The van der Waals surface area contributed by atoms with E-state index in [9.17, 15) is 8.42 Å². The number of thiophene rings is 1. The molecular formula is C16H12N4O2S2. The van der Waals surface area contributed by atoms with Gasteiger partial charge in [-0.2, -0.15) is 9.61 Å². The molecule has 6 nitrogen and oxygen atoms in total. The number of hydrogen-bond acceptors (Lipinski definition) is 6. The van der Waals surface area contributed by atoms with Gasteiger partial charge in [0.1, 0.15) is 10.7 Å². The average molecular weight is 356 g/mol. The van der Waals surface area contributed by atoms with Crippen LogP contribution in [-0.4, -0.2) is 23.0 Å². The van der Waals surface area contributed by atoms with Crippen LogP contribution in [0.2, 0.25) is 0 Å². The predicted molar refractivity (Wildman–Crippen MR) is 92.6 cm³/mol. The van der Waals surface area contributed by atoms with Crippen LogP contribution in [0.4, 0.5) is 5.82 Å². The maximum atomic E-state index is 12.8. The topological polar surface area (TPSA) is 90.4 Å². The maximum Gasteiger partial charge on any atom is 0.211 e. The molecule has 0 aliphatic heterocycles. The molecule has 0 unspecified atom stereocenters. The summed E-state index contributed by atoms with van der Waals surface area (Å²) in [4.78, 5) is 5.41. The third-order valence-corrected chi connectivity index (χ3v) is 6.35. The lowest BCUT2D eigenvalue weighted by Crippen LogP contribution is -2.11. The quantitative estimate of drug-likeness (QED) is 0.609. The van der Waals surface area contributed by atoms with Crippen molar-refractivity contribution < 1.29 is 8.42 Å². The summed E-state index contributed by atoms with van der Waals surface area (Å²) in [6.45, 7) is 0. The number of aromatic nitrogens is 3. The Morgan fingerprint density at radius 1 is 1.04 bits per heavy atom. The summed E-state index contributed by atoms with van der Waals surface area (Å²) in [5.41, 5.74) is 7.44. The van der Waals surface area contributed by atoms with Crippen molar-refractivity contribution in [3.8, 4) is 10.4 Å². The van der Waals surface area contributed by atoms with Crippen LogP contribution in [0.25, 0.3) is 16.1 Å². The second-order valence-corrected chi connectivity index (χ2v) is 7.96. The highest BCUT2D eigenvalue weighted by molar-refractivity contribution is 7.91. The van der Waals surface area contributed by atoms with E-state index >= 15 is 0 Å².